The Hall–Kier alpha value is -0.160. The van der Waals surface area contributed by atoms with Crippen LogP contribution in [0, 0.1) is 0 Å². The molecule has 1 aliphatic carbocycles. The molecule has 2 N–H and O–H groups in total. The highest BCUT2D eigenvalue weighted by Gasteiger charge is 2.44. The summed E-state index contributed by atoms with van der Waals surface area (Å²) >= 11 is 0. The molecule has 0 aromatic carbocycles. The summed E-state index contributed by atoms with van der Waals surface area (Å²) in [4.78, 5) is 2.61. The first-order valence-corrected chi connectivity index (χ1v) is 7.44. The van der Waals surface area contributed by atoms with Gasteiger partial charge in [0.1, 0.15) is 0 Å². The molecule has 0 aromatic rings. The lowest BCUT2D eigenvalue weighted by Crippen LogP contribution is -2.57. The molecule has 4 heteroatoms. The molecule has 104 valence electrons. The molecule has 3 atom stereocenters. The lowest BCUT2D eigenvalue weighted by molar-refractivity contribution is -0.164. The summed E-state index contributed by atoms with van der Waals surface area (Å²) in [5, 5.41) is 0. The fraction of sp³-hybridized carbons (Fsp3) is 1.00. The molecule has 3 aliphatic rings. The van der Waals surface area contributed by atoms with Crippen molar-refractivity contribution in [1.82, 2.24) is 4.90 Å². The molecule has 1 spiro atoms. The van der Waals surface area contributed by atoms with E-state index in [1.807, 2.05) is 0 Å². The van der Waals surface area contributed by atoms with Crippen molar-refractivity contribution in [3.63, 3.8) is 0 Å². The smallest absolute Gasteiger partial charge is 0.0828 e. The van der Waals surface area contributed by atoms with Crippen LogP contribution in [0.15, 0.2) is 0 Å². The van der Waals surface area contributed by atoms with Crippen LogP contribution in [-0.4, -0.2) is 55.0 Å². The fourth-order valence-corrected chi connectivity index (χ4v) is 3.74. The minimum atomic E-state index is 0.217. The van der Waals surface area contributed by atoms with Gasteiger partial charge >= 0.3 is 0 Å². The average Bonchev–Trinajstić information content (AvgIpc) is 2.36. The van der Waals surface area contributed by atoms with Gasteiger partial charge in [0.15, 0.2) is 0 Å². The lowest BCUT2D eigenvalue weighted by atomic mass is 9.73. The summed E-state index contributed by atoms with van der Waals surface area (Å²) in [5.74, 6) is 0. The second-order valence-electron chi connectivity index (χ2n) is 6.29. The van der Waals surface area contributed by atoms with E-state index in [-0.39, 0.29) is 11.7 Å². The van der Waals surface area contributed by atoms with Gasteiger partial charge in [-0.1, -0.05) is 0 Å². The van der Waals surface area contributed by atoms with E-state index in [9.17, 15) is 0 Å². The van der Waals surface area contributed by atoms with Gasteiger partial charge in [0.2, 0.25) is 0 Å². The van der Waals surface area contributed by atoms with Crippen LogP contribution in [0.2, 0.25) is 0 Å². The van der Waals surface area contributed by atoms with Crippen LogP contribution in [-0.2, 0) is 9.47 Å². The van der Waals surface area contributed by atoms with Crippen LogP contribution in [0.1, 0.15) is 39.0 Å². The van der Waals surface area contributed by atoms with Crippen LogP contribution < -0.4 is 5.73 Å². The van der Waals surface area contributed by atoms with Crippen LogP contribution >= 0.6 is 0 Å². The Kier molecular flexibility index (Phi) is 3.63. The second-order valence-corrected chi connectivity index (χ2v) is 6.29. The first-order chi connectivity index (χ1) is 8.71. The van der Waals surface area contributed by atoms with Gasteiger partial charge in [-0.3, -0.25) is 4.90 Å². The largest absolute Gasteiger partial charge is 0.375 e. The van der Waals surface area contributed by atoms with Gasteiger partial charge in [-0.15, -0.1) is 0 Å². The lowest BCUT2D eigenvalue weighted by Gasteiger charge is -2.51. The molecule has 0 aromatic heterocycles. The Labute approximate surface area is 110 Å². The summed E-state index contributed by atoms with van der Waals surface area (Å²) in [6.07, 6.45) is 6.80. The highest BCUT2D eigenvalue weighted by Crippen LogP contribution is 2.43. The molecular weight excluding hydrogens is 228 g/mol. The predicted octanol–water partition coefficient (Wildman–Crippen LogP) is 1.14. The fourth-order valence-electron chi connectivity index (χ4n) is 3.74. The normalized spacial score (nSPS) is 40.7. The van der Waals surface area contributed by atoms with Crippen molar-refractivity contribution < 1.29 is 9.47 Å². The summed E-state index contributed by atoms with van der Waals surface area (Å²) in [6.45, 7) is 5.78. The molecule has 18 heavy (non-hydrogen) atoms. The molecule has 0 radical (unpaired) electrons. The number of hydrogen-bond donors (Lipinski definition) is 1. The number of rotatable bonds is 2. The molecule has 0 bridgehead atoms. The van der Waals surface area contributed by atoms with Gasteiger partial charge in [0.05, 0.1) is 17.8 Å². The number of hydrogen-bond acceptors (Lipinski definition) is 4. The predicted molar refractivity (Wildman–Crippen MR) is 70.5 cm³/mol. The molecule has 3 rings (SSSR count). The zero-order valence-electron chi connectivity index (χ0n) is 11.4. The molecule has 4 nitrogen and oxygen atoms in total. The van der Waals surface area contributed by atoms with Crippen molar-refractivity contribution in [2.24, 2.45) is 5.73 Å². The topological polar surface area (TPSA) is 47.7 Å². The Morgan fingerprint density at radius 1 is 1.33 bits per heavy atom. The molecule has 2 saturated heterocycles. The van der Waals surface area contributed by atoms with E-state index >= 15 is 0 Å². The maximum atomic E-state index is 6.02. The molecule has 2 aliphatic heterocycles. The summed E-state index contributed by atoms with van der Waals surface area (Å²) < 4.78 is 11.9. The van der Waals surface area contributed by atoms with Crippen LogP contribution in [0.3, 0.4) is 0 Å². The first-order valence-electron chi connectivity index (χ1n) is 7.44. The number of ether oxygens (including phenoxy) is 2. The highest BCUT2D eigenvalue weighted by molar-refractivity contribution is 4.97. The van der Waals surface area contributed by atoms with Crippen molar-refractivity contribution in [2.75, 3.05) is 26.2 Å². The quantitative estimate of drug-likeness (QED) is 0.802. The number of nitrogens with two attached hydrogens (primary N) is 1. The van der Waals surface area contributed by atoms with E-state index in [1.54, 1.807) is 0 Å². The van der Waals surface area contributed by atoms with E-state index in [0.29, 0.717) is 18.7 Å². The highest BCUT2D eigenvalue weighted by atomic mass is 16.5. The SMILES string of the molecule is CC1CN(C2CCOC3(CCC3)C2)CC(CN)O1. The van der Waals surface area contributed by atoms with E-state index < -0.39 is 0 Å². The Balaban J connectivity index is 1.62. The summed E-state index contributed by atoms with van der Waals surface area (Å²) in [5.41, 5.74) is 6.01. The Morgan fingerprint density at radius 3 is 2.83 bits per heavy atom. The van der Waals surface area contributed by atoms with Crippen LogP contribution in [0.25, 0.3) is 0 Å². The third-order valence-electron chi connectivity index (χ3n) is 4.87. The molecule has 1 saturated carbocycles. The van der Waals surface area contributed by atoms with E-state index in [0.717, 1.165) is 19.7 Å². The van der Waals surface area contributed by atoms with E-state index in [2.05, 4.69) is 11.8 Å². The van der Waals surface area contributed by atoms with Crippen molar-refractivity contribution >= 4 is 0 Å². The number of morpholine rings is 1. The molecule has 0 amide bonds. The zero-order valence-corrected chi connectivity index (χ0v) is 11.4. The maximum absolute atomic E-state index is 6.02. The van der Waals surface area contributed by atoms with Gasteiger partial charge in [-0.2, -0.15) is 0 Å². The maximum Gasteiger partial charge on any atom is 0.0828 e. The van der Waals surface area contributed by atoms with Gasteiger partial charge in [0.25, 0.3) is 0 Å². The number of nitrogens with zero attached hydrogens (tertiary/aromatic N) is 1. The monoisotopic (exact) mass is 254 g/mol. The minimum absolute atomic E-state index is 0.217. The summed E-state index contributed by atoms with van der Waals surface area (Å²) in [7, 11) is 0. The molecule has 2 heterocycles. The molecular formula is C14H26N2O2. The standard InChI is InChI=1S/C14H26N2O2/c1-11-9-16(10-13(8-15)18-11)12-3-6-17-14(7-12)4-2-5-14/h11-13H,2-10,15H2,1H3. The third kappa shape index (κ3) is 2.44. The average molecular weight is 254 g/mol. The van der Waals surface area contributed by atoms with Crippen LogP contribution in [0.5, 0.6) is 0 Å². The van der Waals surface area contributed by atoms with Crippen molar-refractivity contribution in [3.05, 3.63) is 0 Å². The van der Waals surface area contributed by atoms with E-state index in [4.69, 9.17) is 15.2 Å². The van der Waals surface area contributed by atoms with E-state index in [1.165, 1.54) is 32.1 Å². The van der Waals surface area contributed by atoms with Crippen molar-refractivity contribution in [3.8, 4) is 0 Å². The van der Waals surface area contributed by atoms with Gasteiger partial charge in [-0.05, 0) is 39.0 Å². The molecule has 3 unspecified atom stereocenters. The van der Waals surface area contributed by atoms with Crippen LogP contribution in [0.4, 0.5) is 0 Å². The van der Waals surface area contributed by atoms with Crippen molar-refractivity contribution in [2.45, 2.75) is 62.9 Å². The van der Waals surface area contributed by atoms with Gasteiger partial charge in [0, 0.05) is 32.3 Å². The summed E-state index contributed by atoms with van der Waals surface area (Å²) in [6, 6.07) is 0.680. The third-order valence-corrected chi connectivity index (χ3v) is 4.87. The van der Waals surface area contributed by atoms with Gasteiger partial charge in [-0.25, -0.2) is 0 Å². The second kappa shape index (κ2) is 5.08. The first kappa shape index (κ1) is 12.9. The van der Waals surface area contributed by atoms with Crippen molar-refractivity contribution in [1.29, 1.82) is 0 Å². The Bertz CT molecular complexity index is 294. The Morgan fingerprint density at radius 2 is 2.17 bits per heavy atom. The van der Waals surface area contributed by atoms with Gasteiger partial charge < -0.3 is 15.2 Å². The zero-order chi connectivity index (χ0) is 12.6. The minimum Gasteiger partial charge on any atom is -0.375 e. The molecule has 3 fully saturated rings.